The molecule has 3 N–H and O–H groups in total. The van der Waals surface area contributed by atoms with E-state index in [1.54, 1.807) is 19.1 Å². The number of phenols is 1. The minimum absolute atomic E-state index is 0.0102. The standard InChI is InChI=1S/C18H26BNO4/c1-6-15(21)14-10-12(7-8-16(14)22)9-13(11-20)19-23-17(2,3)18(4,5)24-19/h7-10,22H,6,11,20H2,1-5H3. The molecule has 6 heteroatoms. The molecule has 0 aromatic heterocycles. The minimum Gasteiger partial charge on any atom is -0.507 e. The van der Waals surface area contributed by atoms with Gasteiger partial charge in [0.2, 0.25) is 0 Å². The molecule has 2 rings (SSSR count). The molecule has 1 heterocycles. The van der Waals surface area contributed by atoms with Crippen LogP contribution in [-0.2, 0) is 9.31 Å². The summed E-state index contributed by atoms with van der Waals surface area (Å²) in [6, 6.07) is 4.93. The molecule has 5 nitrogen and oxygen atoms in total. The molecular formula is C18H26BNO4. The number of benzene rings is 1. The van der Waals surface area contributed by atoms with Crippen LogP contribution in [0.2, 0.25) is 0 Å². The van der Waals surface area contributed by atoms with E-state index in [0.29, 0.717) is 12.0 Å². The lowest BCUT2D eigenvalue weighted by atomic mass is 9.77. The predicted molar refractivity (Wildman–Crippen MR) is 95.8 cm³/mol. The SMILES string of the molecule is CCC(=O)c1cc(C=C(CN)B2OC(C)(C)C(C)(C)O2)ccc1O. The van der Waals surface area contributed by atoms with Gasteiger partial charge < -0.3 is 20.1 Å². The fourth-order valence-corrected chi connectivity index (χ4v) is 2.49. The lowest BCUT2D eigenvalue weighted by molar-refractivity contribution is 0.00578. The fraction of sp³-hybridized carbons (Fsp3) is 0.500. The number of carbonyl (C=O) groups excluding carboxylic acids is 1. The van der Waals surface area contributed by atoms with Crippen LogP contribution in [0.25, 0.3) is 6.08 Å². The average molecular weight is 331 g/mol. The second-order valence-electron chi connectivity index (χ2n) is 7.06. The Labute approximate surface area is 144 Å². The highest BCUT2D eigenvalue weighted by Crippen LogP contribution is 2.38. The maximum atomic E-state index is 11.9. The summed E-state index contributed by atoms with van der Waals surface area (Å²) in [5.74, 6) is -0.114. The van der Waals surface area contributed by atoms with Crippen molar-refractivity contribution in [2.75, 3.05) is 6.54 Å². The molecule has 24 heavy (non-hydrogen) atoms. The molecule has 1 aromatic carbocycles. The van der Waals surface area contributed by atoms with Gasteiger partial charge in [-0.2, -0.15) is 0 Å². The molecule has 0 atom stereocenters. The van der Waals surface area contributed by atoms with Crippen molar-refractivity contribution in [3.05, 3.63) is 34.8 Å². The third-order valence-electron chi connectivity index (χ3n) is 4.79. The molecule has 1 aliphatic heterocycles. The number of hydrogen-bond acceptors (Lipinski definition) is 5. The van der Waals surface area contributed by atoms with E-state index in [2.05, 4.69) is 0 Å². The van der Waals surface area contributed by atoms with Crippen molar-refractivity contribution in [2.24, 2.45) is 5.73 Å². The molecule has 0 saturated carbocycles. The first kappa shape index (κ1) is 18.7. The van der Waals surface area contributed by atoms with E-state index in [9.17, 15) is 9.90 Å². The van der Waals surface area contributed by atoms with Gasteiger partial charge >= 0.3 is 7.12 Å². The topological polar surface area (TPSA) is 81.8 Å². The van der Waals surface area contributed by atoms with Crippen LogP contribution in [0.15, 0.2) is 23.7 Å². The van der Waals surface area contributed by atoms with Crippen LogP contribution in [0.4, 0.5) is 0 Å². The number of carbonyl (C=O) groups is 1. The second-order valence-corrected chi connectivity index (χ2v) is 7.06. The van der Waals surface area contributed by atoms with Crippen molar-refractivity contribution in [3.63, 3.8) is 0 Å². The Hall–Kier alpha value is -1.63. The lowest BCUT2D eigenvalue weighted by Crippen LogP contribution is -2.41. The molecule has 0 aliphatic carbocycles. The Morgan fingerprint density at radius 2 is 1.83 bits per heavy atom. The number of Topliss-reactive ketones (excluding diaryl/α,β-unsaturated/α-hetero) is 1. The lowest BCUT2D eigenvalue weighted by Gasteiger charge is -2.32. The highest BCUT2D eigenvalue weighted by Gasteiger charge is 2.52. The first-order valence-electron chi connectivity index (χ1n) is 8.23. The molecule has 0 spiro atoms. The molecule has 130 valence electrons. The number of aromatic hydroxyl groups is 1. The summed E-state index contributed by atoms with van der Waals surface area (Å²) >= 11 is 0. The van der Waals surface area contributed by atoms with Crippen LogP contribution >= 0.6 is 0 Å². The van der Waals surface area contributed by atoms with Crippen molar-refractivity contribution in [1.29, 1.82) is 0 Å². The predicted octanol–water partition coefficient (Wildman–Crippen LogP) is 2.96. The molecule has 0 unspecified atom stereocenters. The summed E-state index contributed by atoms with van der Waals surface area (Å²) in [5, 5.41) is 9.86. The summed E-state index contributed by atoms with van der Waals surface area (Å²) in [6.07, 6.45) is 2.19. The summed E-state index contributed by atoms with van der Waals surface area (Å²) in [7, 11) is -0.529. The Morgan fingerprint density at radius 3 is 2.33 bits per heavy atom. The summed E-state index contributed by atoms with van der Waals surface area (Å²) in [6.45, 7) is 9.98. The van der Waals surface area contributed by atoms with Crippen molar-refractivity contribution in [1.82, 2.24) is 0 Å². The first-order valence-corrected chi connectivity index (χ1v) is 8.23. The molecule has 1 saturated heterocycles. The van der Waals surface area contributed by atoms with E-state index in [1.807, 2.05) is 33.8 Å². The van der Waals surface area contributed by atoms with Gasteiger partial charge in [0.1, 0.15) is 5.75 Å². The Kier molecular flexibility index (Phi) is 5.23. The van der Waals surface area contributed by atoms with Crippen LogP contribution in [-0.4, -0.2) is 35.8 Å². The maximum Gasteiger partial charge on any atom is 0.491 e. The highest BCUT2D eigenvalue weighted by atomic mass is 16.7. The second kappa shape index (κ2) is 6.71. The molecule has 0 amide bonds. The van der Waals surface area contributed by atoms with E-state index < -0.39 is 18.3 Å². The van der Waals surface area contributed by atoms with Gasteiger partial charge in [0.25, 0.3) is 0 Å². The zero-order valence-corrected chi connectivity index (χ0v) is 15.1. The number of phenolic OH excluding ortho intramolecular Hbond substituents is 1. The fourth-order valence-electron chi connectivity index (χ4n) is 2.49. The molecule has 0 radical (unpaired) electrons. The highest BCUT2D eigenvalue weighted by molar-refractivity contribution is 6.55. The van der Waals surface area contributed by atoms with Gasteiger partial charge in [-0.15, -0.1) is 0 Å². The van der Waals surface area contributed by atoms with Crippen molar-refractivity contribution >= 4 is 19.0 Å². The maximum absolute atomic E-state index is 11.9. The van der Waals surface area contributed by atoms with Crippen molar-refractivity contribution in [3.8, 4) is 5.75 Å². The number of nitrogens with two attached hydrogens (primary N) is 1. The van der Waals surface area contributed by atoms with E-state index >= 15 is 0 Å². The quantitative estimate of drug-likeness (QED) is 0.640. The van der Waals surface area contributed by atoms with E-state index in [4.69, 9.17) is 15.0 Å². The Morgan fingerprint density at radius 1 is 1.25 bits per heavy atom. The Bertz CT molecular complexity index is 651. The normalized spacial score (nSPS) is 19.6. The number of rotatable bonds is 5. The first-order chi connectivity index (χ1) is 11.1. The zero-order chi connectivity index (χ0) is 18.1. The monoisotopic (exact) mass is 331 g/mol. The zero-order valence-electron chi connectivity index (χ0n) is 15.1. The summed E-state index contributed by atoms with van der Waals surface area (Å²) in [5.41, 5.74) is 6.89. The van der Waals surface area contributed by atoms with Crippen molar-refractivity contribution in [2.45, 2.75) is 52.2 Å². The van der Waals surface area contributed by atoms with E-state index in [0.717, 1.165) is 11.0 Å². The van der Waals surface area contributed by atoms with Gasteiger partial charge in [-0.1, -0.05) is 19.1 Å². The van der Waals surface area contributed by atoms with E-state index in [-0.39, 0.29) is 18.1 Å². The number of hydrogen-bond donors (Lipinski definition) is 2. The Balaban J connectivity index is 2.34. The summed E-state index contributed by atoms with van der Waals surface area (Å²) in [4.78, 5) is 11.9. The number of ketones is 1. The van der Waals surface area contributed by atoms with Gasteiger partial charge in [0, 0.05) is 13.0 Å². The molecule has 1 fully saturated rings. The molecule has 1 aromatic rings. The third kappa shape index (κ3) is 3.56. The van der Waals surface area contributed by atoms with Crippen LogP contribution in [0.5, 0.6) is 5.75 Å². The molecule has 1 aliphatic rings. The van der Waals surface area contributed by atoms with Crippen LogP contribution in [0, 0.1) is 0 Å². The largest absolute Gasteiger partial charge is 0.507 e. The molecule has 0 bridgehead atoms. The third-order valence-corrected chi connectivity index (χ3v) is 4.79. The average Bonchev–Trinajstić information content (AvgIpc) is 2.73. The van der Waals surface area contributed by atoms with Gasteiger partial charge in [-0.05, 0) is 50.9 Å². The summed E-state index contributed by atoms with van der Waals surface area (Å²) < 4.78 is 12.1. The minimum atomic E-state index is -0.529. The van der Waals surface area contributed by atoms with Gasteiger partial charge in [-0.3, -0.25) is 4.79 Å². The van der Waals surface area contributed by atoms with Crippen molar-refractivity contribution < 1.29 is 19.2 Å². The van der Waals surface area contributed by atoms with Crippen LogP contribution in [0.1, 0.15) is 57.0 Å². The van der Waals surface area contributed by atoms with Gasteiger partial charge in [-0.25, -0.2) is 0 Å². The van der Waals surface area contributed by atoms with Crippen LogP contribution < -0.4 is 5.73 Å². The molecular weight excluding hydrogens is 305 g/mol. The smallest absolute Gasteiger partial charge is 0.491 e. The van der Waals surface area contributed by atoms with E-state index in [1.165, 1.54) is 6.07 Å². The van der Waals surface area contributed by atoms with Crippen LogP contribution in [0.3, 0.4) is 0 Å². The van der Waals surface area contributed by atoms with Gasteiger partial charge in [0.15, 0.2) is 5.78 Å². The van der Waals surface area contributed by atoms with Gasteiger partial charge in [0.05, 0.1) is 16.8 Å².